The Labute approximate surface area is 368 Å². The van der Waals surface area contributed by atoms with Crippen molar-refractivity contribution in [3.63, 3.8) is 0 Å². The maximum absolute atomic E-state index is 14.4. The number of carbonyl (C=O) groups is 1. The Kier molecular flexibility index (Phi) is 15.3. The van der Waals surface area contributed by atoms with Crippen molar-refractivity contribution >= 4 is 5.97 Å². The topological polar surface area (TPSA) is 170 Å². The number of aliphatic hydroxyl groups excluding tert-OH is 2. The highest BCUT2D eigenvalue weighted by Gasteiger charge is 2.60. The van der Waals surface area contributed by atoms with E-state index in [0.29, 0.717) is 61.5 Å². The monoisotopic (exact) mass is 875 g/mol. The molecule has 350 valence electrons. The van der Waals surface area contributed by atoms with Crippen LogP contribution in [0.1, 0.15) is 107 Å². The normalized spacial score (nSPS) is 47.2. The molecule has 0 saturated carbocycles. The van der Waals surface area contributed by atoms with Gasteiger partial charge in [0.15, 0.2) is 18.4 Å². The second-order valence-corrected chi connectivity index (χ2v) is 19.4. The minimum Gasteiger partial charge on any atom is -0.462 e. The quantitative estimate of drug-likeness (QED) is 0.204. The lowest BCUT2D eigenvalue weighted by Gasteiger charge is -2.51. The zero-order valence-electron chi connectivity index (χ0n) is 38.5. The number of ether oxygens (including phenoxy) is 10. The fraction of sp³-hybridized carbons (Fsp3) is 0.812. The molecule has 14 heteroatoms. The van der Waals surface area contributed by atoms with Crippen LogP contribution in [0.3, 0.4) is 0 Å². The Hall–Kier alpha value is -2.05. The Morgan fingerprint density at radius 1 is 0.919 bits per heavy atom. The van der Waals surface area contributed by atoms with Crippen LogP contribution in [0.15, 0.2) is 47.1 Å². The van der Waals surface area contributed by atoms with Crippen molar-refractivity contribution in [2.75, 3.05) is 20.8 Å². The number of hydrogen-bond donors (Lipinski definition) is 3. The fourth-order valence-electron chi connectivity index (χ4n) is 11.0. The van der Waals surface area contributed by atoms with Crippen molar-refractivity contribution in [3.8, 4) is 0 Å². The summed E-state index contributed by atoms with van der Waals surface area (Å²) in [5.41, 5.74) is 0.188. The molecule has 5 saturated heterocycles. The Bertz CT molecular complexity index is 1680. The molecule has 7 rings (SSSR count). The first-order valence-corrected chi connectivity index (χ1v) is 23.2. The molecule has 6 heterocycles. The van der Waals surface area contributed by atoms with E-state index in [0.717, 1.165) is 18.4 Å². The molecule has 14 nitrogen and oxygen atoms in total. The summed E-state index contributed by atoms with van der Waals surface area (Å²) in [6, 6.07) is 0. The molecule has 0 radical (unpaired) electrons. The van der Waals surface area contributed by atoms with Crippen LogP contribution < -0.4 is 0 Å². The third-order valence-electron chi connectivity index (χ3n) is 14.9. The highest BCUT2D eigenvalue weighted by Crippen LogP contribution is 2.48. The first-order valence-electron chi connectivity index (χ1n) is 23.2. The molecule has 2 bridgehead atoms. The van der Waals surface area contributed by atoms with Crippen LogP contribution in [0.25, 0.3) is 0 Å². The van der Waals surface area contributed by atoms with E-state index in [1.807, 2.05) is 19.1 Å². The number of esters is 1. The largest absolute Gasteiger partial charge is 0.462 e. The third kappa shape index (κ3) is 9.73. The number of methoxy groups -OCH3 is 2. The zero-order chi connectivity index (χ0) is 44.7. The lowest BCUT2D eigenvalue weighted by molar-refractivity contribution is -0.340. The van der Waals surface area contributed by atoms with Crippen LogP contribution in [0.4, 0.5) is 0 Å². The molecule has 3 N–H and O–H groups in total. The molecular weight excluding hydrogens is 801 g/mol. The second kappa shape index (κ2) is 19.8. The molecule has 6 aliphatic heterocycles. The highest BCUT2D eigenvalue weighted by molar-refractivity contribution is 5.78. The maximum Gasteiger partial charge on any atom is 0.316 e. The lowest BCUT2D eigenvalue weighted by atomic mass is 9.71. The van der Waals surface area contributed by atoms with Gasteiger partial charge >= 0.3 is 5.97 Å². The van der Waals surface area contributed by atoms with Crippen molar-refractivity contribution < 1.29 is 67.5 Å². The van der Waals surface area contributed by atoms with E-state index in [9.17, 15) is 20.1 Å². The predicted octanol–water partition coefficient (Wildman–Crippen LogP) is 5.60. The molecule has 11 unspecified atom stereocenters. The summed E-state index contributed by atoms with van der Waals surface area (Å²) < 4.78 is 63.9. The molecule has 20 atom stereocenters. The maximum atomic E-state index is 14.4. The van der Waals surface area contributed by atoms with E-state index in [4.69, 9.17) is 47.4 Å². The Morgan fingerprint density at radius 2 is 1.63 bits per heavy atom. The van der Waals surface area contributed by atoms with Gasteiger partial charge in [0.05, 0.1) is 49.3 Å². The van der Waals surface area contributed by atoms with Gasteiger partial charge in [-0.15, -0.1) is 0 Å². The summed E-state index contributed by atoms with van der Waals surface area (Å²) >= 11 is 0. The summed E-state index contributed by atoms with van der Waals surface area (Å²) in [6.45, 7) is 16.3. The minimum atomic E-state index is -1.82. The van der Waals surface area contributed by atoms with Crippen LogP contribution in [-0.4, -0.2) is 139 Å². The van der Waals surface area contributed by atoms with Gasteiger partial charge in [-0.2, -0.15) is 0 Å². The van der Waals surface area contributed by atoms with Gasteiger partial charge in [0.2, 0.25) is 0 Å². The molecule has 7 aliphatic rings. The predicted molar refractivity (Wildman–Crippen MR) is 227 cm³/mol. The molecule has 0 aromatic rings. The van der Waals surface area contributed by atoms with Gasteiger partial charge in [-0.05, 0) is 69.1 Å². The molecule has 1 spiro atoms. The lowest BCUT2D eigenvalue weighted by Crippen LogP contribution is -2.58. The smallest absolute Gasteiger partial charge is 0.316 e. The zero-order valence-corrected chi connectivity index (χ0v) is 38.5. The number of aliphatic hydroxyl groups is 3. The van der Waals surface area contributed by atoms with Crippen molar-refractivity contribution in [2.45, 2.75) is 204 Å². The highest BCUT2D eigenvalue weighted by atomic mass is 16.7. The van der Waals surface area contributed by atoms with E-state index in [-0.39, 0.29) is 30.8 Å². The molecule has 0 aromatic heterocycles. The molecule has 0 amide bonds. The molecule has 0 aromatic carbocycles. The Balaban J connectivity index is 1.18. The van der Waals surface area contributed by atoms with Gasteiger partial charge < -0.3 is 62.7 Å². The van der Waals surface area contributed by atoms with Crippen molar-refractivity contribution in [1.82, 2.24) is 0 Å². The number of hydrogen-bond acceptors (Lipinski definition) is 14. The van der Waals surface area contributed by atoms with E-state index < -0.39 is 90.8 Å². The van der Waals surface area contributed by atoms with Crippen LogP contribution in [-0.2, 0) is 52.2 Å². The summed E-state index contributed by atoms with van der Waals surface area (Å²) in [6.07, 6.45) is 6.53. The average molecular weight is 875 g/mol. The summed E-state index contributed by atoms with van der Waals surface area (Å²) in [5, 5.41) is 34.2. The average Bonchev–Trinajstić information content (AvgIpc) is 3.58. The standard InChI is InChI=1S/C48H74O14/c1-11-25(2)43-28(5)17-18-47(62-43)23-34-20-33(61-47)16-15-27(4)42(26(3)13-12-14-32-24-55-45-40(49)29(6)19-35(46(51)58-34)48(32,45)52)59-39-22-37(54-10)44(31(8)57-39)60-38-21-36(53-9)41(50)30(7)56-38/h12-15,19,25-26,28,30-31,33-45,49-50,52H,11,16-18,20-24H2,1-10H3/t25-,26?,28?,30-,31-,33?,34?,35?,36-,37-,38-,39-,40?,41-,42?,43?,44-,45?,47?,48?/m0/s1. The number of allylic oxidation sites excluding steroid dienone is 2. The summed E-state index contributed by atoms with van der Waals surface area (Å²) in [5.74, 6) is -2.10. The summed E-state index contributed by atoms with van der Waals surface area (Å²) in [7, 11) is 3.23. The molecular formula is C48H74O14. The number of carbonyl (C=O) groups excluding carboxylic acids is 1. The van der Waals surface area contributed by atoms with Gasteiger partial charge in [0, 0.05) is 52.2 Å². The van der Waals surface area contributed by atoms with E-state index in [1.54, 1.807) is 40.2 Å². The van der Waals surface area contributed by atoms with Crippen LogP contribution in [0, 0.1) is 23.7 Å². The van der Waals surface area contributed by atoms with Crippen molar-refractivity contribution in [3.05, 3.63) is 47.1 Å². The second-order valence-electron chi connectivity index (χ2n) is 19.4. The summed E-state index contributed by atoms with van der Waals surface area (Å²) in [4.78, 5) is 14.4. The van der Waals surface area contributed by atoms with Crippen LogP contribution in [0.5, 0.6) is 0 Å². The fourth-order valence-corrected chi connectivity index (χ4v) is 11.0. The first kappa shape index (κ1) is 47.9. The van der Waals surface area contributed by atoms with E-state index in [1.165, 1.54) is 0 Å². The number of fused-ring (bicyclic) bond motifs is 2. The van der Waals surface area contributed by atoms with Gasteiger partial charge in [-0.3, -0.25) is 4.79 Å². The molecule has 1 aliphatic carbocycles. The van der Waals surface area contributed by atoms with Gasteiger partial charge in [0.25, 0.3) is 0 Å². The van der Waals surface area contributed by atoms with E-state index in [2.05, 4.69) is 40.7 Å². The van der Waals surface area contributed by atoms with Crippen molar-refractivity contribution in [1.29, 1.82) is 0 Å². The Morgan fingerprint density at radius 3 is 2.35 bits per heavy atom. The third-order valence-corrected chi connectivity index (χ3v) is 14.9. The van der Waals surface area contributed by atoms with Gasteiger partial charge in [0.1, 0.15) is 42.0 Å². The van der Waals surface area contributed by atoms with Crippen LogP contribution in [0.2, 0.25) is 0 Å². The molecule has 5 fully saturated rings. The number of rotatable bonds is 8. The van der Waals surface area contributed by atoms with Gasteiger partial charge in [-0.25, -0.2) is 0 Å². The first-order chi connectivity index (χ1) is 29.5. The molecule has 62 heavy (non-hydrogen) atoms. The van der Waals surface area contributed by atoms with Crippen LogP contribution >= 0.6 is 0 Å². The SMILES string of the molecule is CC[C@H](C)C1OC2(CCC1C)CC1CC(CC=C(C)C(O[C@H]3C[C@H](OC)[C@@H](O[C@H]4C[C@H](OC)[C@@H](O)[C@H](C)O4)[C@H](C)O3)C(C)C=CC=C3COC4C(O)C(C)=CC(C(=O)O1)C34O)O2. The van der Waals surface area contributed by atoms with Crippen molar-refractivity contribution in [2.24, 2.45) is 23.7 Å². The van der Waals surface area contributed by atoms with Gasteiger partial charge in [-0.1, -0.05) is 64.5 Å². The van der Waals surface area contributed by atoms with E-state index >= 15 is 0 Å². The minimum absolute atomic E-state index is 0.00708.